The molecule has 2 unspecified atom stereocenters. The first-order valence-corrected chi connectivity index (χ1v) is 10.5. The lowest BCUT2D eigenvalue weighted by molar-refractivity contribution is -0.178. The van der Waals surface area contributed by atoms with Crippen molar-refractivity contribution in [3.05, 3.63) is 59.3 Å². The second-order valence-electron chi connectivity index (χ2n) is 6.99. The van der Waals surface area contributed by atoms with Gasteiger partial charge in [-0.2, -0.15) is 0 Å². The molecule has 1 aliphatic heterocycles. The average Bonchev–Trinajstić information content (AvgIpc) is 3.23. The quantitative estimate of drug-likeness (QED) is 0.468. The Balaban J connectivity index is 1.64. The first-order chi connectivity index (χ1) is 15.3. The summed E-state index contributed by atoms with van der Waals surface area (Å²) in [6.45, 7) is -0.550. The molecule has 0 amide bonds. The van der Waals surface area contributed by atoms with Crippen LogP contribution in [-0.4, -0.2) is 65.7 Å². The standard InChI is InChI=1S/C19H16ClF3N4O4S/c20-9-3-10(5-24-4-9)32-19-18(30)16(17(29)14(7-28)31-19)27-6-13(25-26-27)8-1-11(21)15(23)12(22)2-8/h1-6,14,16-19,28-30H,7H2/t14?,16?,17-,18-,19+/m0/s1. The van der Waals surface area contributed by atoms with Crippen molar-refractivity contribution in [3.63, 3.8) is 0 Å². The summed E-state index contributed by atoms with van der Waals surface area (Å²) in [6.07, 6.45) is 0.387. The van der Waals surface area contributed by atoms with E-state index < -0.39 is 53.8 Å². The molecule has 5 atom stereocenters. The predicted octanol–water partition coefficient (Wildman–Crippen LogP) is 2.18. The van der Waals surface area contributed by atoms with Gasteiger partial charge in [-0.05, 0) is 18.2 Å². The van der Waals surface area contributed by atoms with Gasteiger partial charge in [-0.1, -0.05) is 28.6 Å². The smallest absolute Gasteiger partial charge is 0.194 e. The summed E-state index contributed by atoms with van der Waals surface area (Å²) in [5.41, 5.74) is -1.05. The van der Waals surface area contributed by atoms with Crippen LogP contribution in [0.25, 0.3) is 11.3 Å². The highest BCUT2D eigenvalue weighted by atomic mass is 35.5. The van der Waals surface area contributed by atoms with Crippen LogP contribution in [0.15, 0.2) is 41.7 Å². The Morgan fingerprint density at radius 1 is 1.09 bits per heavy atom. The van der Waals surface area contributed by atoms with Crippen molar-refractivity contribution in [2.75, 3.05) is 6.61 Å². The molecule has 3 aromatic rings. The molecule has 1 aromatic carbocycles. The minimum Gasteiger partial charge on any atom is -0.394 e. The third kappa shape index (κ3) is 4.47. The highest BCUT2D eigenvalue weighted by Gasteiger charge is 2.46. The summed E-state index contributed by atoms with van der Waals surface area (Å²) >= 11 is 7.01. The Hall–Kier alpha value is -2.22. The minimum atomic E-state index is -1.61. The van der Waals surface area contributed by atoms with E-state index in [2.05, 4.69) is 15.3 Å². The number of aliphatic hydroxyl groups is 3. The Morgan fingerprint density at radius 3 is 2.47 bits per heavy atom. The van der Waals surface area contributed by atoms with Crippen molar-refractivity contribution in [2.24, 2.45) is 0 Å². The number of rotatable bonds is 5. The Bertz CT molecular complexity index is 1100. The van der Waals surface area contributed by atoms with E-state index in [0.717, 1.165) is 28.6 Å². The van der Waals surface area contributed by atoms with Crippen molar-refractivity contribution < 1.29 is 33.2 Å². The molecule has 8 nitrogen and oxygen atoms in total. The summed E-state index contributed by atoms with van der Waals surface area (Å²) in [4.78, 5) is 4.53. The molecule has 3 heterocycles. The van der Waals surface area contributed by atoms with Gasteiger partial charge in [-0.25, -0.2) is 17.9 Å². The Labute approximate surface area is 188 Å². The third-order valence-electron chi connectivity index (χ3n) is 4.88. The maximum Gasteiger partial charge on any atom is 0.194 e. The number of thioether (sulfide) groups is 1. The summed E-state index contributed by atoms with van der Waals surface area (Å²) in [6, 6.07) is 1.99. The van der Waals surface area contributed by atoms with Gasteiger partial charge < -0.3 is 20.1 Å². The van der Waals surface area contributed by atoms with Crippen LogP contribution in [0.5, 0.6) is 0 Å². The number of pyridine rings is 1. The molecular weight excluding hydrogens is 473 g/mol. The molecule has 3 N–H and O–H groups in total. The molecule has 0 radical (unpaired) electrons. The topological polar surface area (TPSA) is 114 Å². The van der Waals surface area contributed by atoms with Crippen LogP contribution in [-0.2, 0) is 4.74 Å². The van der Waals surface area contributed by atoms with Crippen LogP contribution in [0.4, 0.5) is 13.2 Å². The van der Waals surface area contributed by atoms with E-state index in [9.17, 15) is 28.5 Å². The first-order valence-electron chi connectivity index (χ1n) is 9.25. The summed E-state index contributed by atoms with van der Waals surface area (Å²) < 4.78 is 47.2. The van der Waals surface area contributed by atoms with Crippen molar-refractivity contribution >= 4 is 23.4 Å². The second kappa shape index (κ2) is 9.33. The molecule has 1 fully saturated rings. The normalized spacial score (nSPS) is 25.8. The van der Waals surface area contributed by atoms with Crippen LogP contribution in [0.3, 0.4) is 0 Å². The zero-order valence-corrected chi connectivity index (χ0v) is 17.6. The largest absolute Gasteiger partial charge is 0.394 e. The maximum absolute atomic E-state index is 13.6. The van der Waals surface area contributed by atoms with Gasteiger partial charge in [0.1, 0.15) is 35.5 Å². The number of hydrogen-bond acceptors (Lipinski definition) is 8. The minimum absolute atomic E-state index is 0.0162. The summed E-state index contributed by atoms with van der Waals surface area (Å²) in [7, 11) is 0. The van der Waals surface area contributed by atoms with Crippen LogP contribution < -0.4 is 0 Å². The van der Waals surface area contributed by atoms with Gasteiger partial charge in [0.05, 0.1) is 17.8 Å². The monoisotopic (exact) mass is 488 g/mol. The van der Waals surface area contributed by atoms with E-state index in [-0.39, 0.29) is 11.3 Å². The number of halogens is 4. The molecule has 32 heavy (non-hydrogen) atoms. The molecule has 170 valence electrons. The molecule has 4 rings (SSSR count). The molecule has 13 heteroatoms. The van der Waals surface area contributed by atoms with E-state index in [1.807, 2.05) is 0 Å². The average molecular weight is 489 g/mol. The van der Waals surface area contributed by atoms with E-state index in [1.165, 1.54) is 18.6 Å². The van der Waals surface area contributed by atoms with Crippen LogP contribution in [0.1, 0.15) is 6.04 Å². The van der Waals surface area contributed by atoms with Gasteiger partial charge in [0, 0.05) is 22.9 Å². The lowest BCUT2D eigenvalue weighted by atomic mass is 9.97. The number of hydrogen-bond donors (Lipinski definition) is 3. The summed E-state index contributed by atoms with van der Waals surface area (Å²) in [5.74, 6) is -4.40. The van der Waals surface area contributed by atoms with Gasteiger partial charge in [0.25, 0.3) is 0 Å². The number of aliphatic hydroxyl groups excluding tert-OH is 3. The number of aromatic nitrogens is 4. The van der Waals surface area contributed by atoms with E-state index in [0.29, 0.717) is 9.92 Å². The van der Waals surface area contributed by atoms with Crippen LogP contribution in [0.2, 0.25) is 5.02 Å². The molecule has 0 aliphatic carbocycles. The zero-order chi connectivity index (χ0) is 23.0. The fourth-order valence-electron chi connectivity index (χ4n) is 3.33. The SMILES string of the molecule is OCC1O[C@H](Sc2cncc(Cl)c2)[C@@H](O)C(n2cc(-c3cc(F)c(F)c(F)c3)nn2)[C@H]1O. The van der Waals surface area contributed by atoms with Gasteiger partial charge in [0.2, 0.25) is 0 Å². The van der Waals surface area contributed by atoms with Crippen molar-refractivity contribution in [1.82, 2.24) is 20.0 Å². The number of nitrogens with zero attached hydrogens (tertiary/aromatic N) is 4. The van der Waals surface area contributed by atoms with Crippen molar-refractivity contribution in [1.29, 1.82) is 0 Å². The van der Waals surface area contributed by atoms with E-state index in [4.69, 9.17) is 16.3 Å². The van der Waals surface area contributed by atoms with E-state index >= 15 is 0 Å². The molecule has 0 spiro atoms. The molecule has 2 aromatic heterocycles. The number of benzene rings is 1. The van der Waals surface area contributed by atoms with Crippen LogP contribution >= 0.6 is 23.4 Å². The Morgan fingerprint density at radius 2 is 1.81 bits per heavy atom. The summed E-state index contributed by atoms with van der Waals surface area (Å²) in [5, 5.41) is 39.2. The number of ether oxygens (including phenoxy) is 1. The fraction of sp³-hybridized carbons (Fsp3) is 0.316. The maximum atomic E-state index is 13.6. The predicted molar refractivity (Wildman–Crippen MR) is 107 cm³/mol. The van der Waals surface area contributed by atoms with Gasteiger partial charge in [-0.15, -0.1) is 5.10 Å². The molecular formula is C19H16ClF3N4O4S. The first kappa shape index (κ1) is 23.0. The van der Waals surface area contributed by atoms with Gasteiger partial charge in [-0.3, -0.25) is 4.98 Å². The zero-order valence-electron chi connectivity index (χ0n) is 16.0. The Kier molecular flexibility index (Phi) is 6.70. The van der Waals surface area contributed by atoms with E-state index in [1.54, 1.807) is 6.07 Å². The van der Waals surface area contributed by atoms with Gasteiger partial charge in [0.15, 0.2) is 17.5 Å². The molecule has 1 aliphatic rings. The van der Waals surface area contributed by atoms with Crippen LogP contribution in [0, 0.1) is 17.5 Å². The highest BCUT2D eigenvalue weighted by molar-refractivity contribution is 7.99. The molecule has 0 bridgehead atoms. The lowest BCUT2D eigenvalue weighted by Crippen LogP contribution is -2.55. The highest BCUT2D eigenvalue weighted by Crippen LogP contribution is 2.38. The molecule has 0 saturated carbocycles. The fourth-order valence-corrected chi connectivity index (χ4v) is 4.65. The third-order valence-corrected chi connectivity index (χ3v) is 6.20. The van der Waals surface area contributed by atoms with Crippen molar-refractivity contribution in [3.8, 4) is 11.3 Å². The van der Waals surface area contributed by atoms with Gasteiger partial charge >= 0.3 is 0 Å². The van der Waals surface area contributed by atoms with Crippen molar-refractivity contribution in [2.45, 2.75) is 34.7 Å². The second-order valence-corrected chi connectivity index (χ2v) is 8.60. The molecule has 1 saturated heterocycles. The lowest BCUT2D eigenvalue weighted by Gasteiger charge is -2.41.